The van der Waals surface area contributed by atoms with E-state index in [4.69, 9.17) is 16.3 Å². The number of anilines is 1. The Hall–Kier alpha value is -0.770. The number of halogens is 1. The average Bonchev–Trinajstić information content (AvgIpc) is 3.23. The Labute approximate surface area is 127 Å². The fourth-order valence-corrected chi connectivity index (χ4v) is 2.81. The summed E-state index contributed by atoms with van der Waals surface area (Å²) in [5.74, 6) is 0. The van der Waals surface area contributed by atoms with E-state index in [1.165, 1.54) is 24.1 Å². The van der Waals surface area contributed by atoms with Crippen LogP contribution in [0.1, 0.15) is 32.3 Å². The number of ether oxygens (including phenoxy) is 1. The fraction of sp³-hybridized carbons (Fsp3) is 0.625. The summed E-state index contributed by atoms with van der Waals surface area (Å²) >= 11 is 6.42. The second-order valence-electron chi connectivity index (χ2n) is 5.48. The highest BCUT2D eigenvalue weighted by Crippen LogP contribution is 2.30. The van der Waals surface area contributed by atoms with E-state index in [2.05, 4.69) is 30.1 Å². The van der Waals surface area contributed by atoms with Gasteiger partial charge in [0.25, 0.3) is 0 Å². The van der Waals surface area contributed by atoms with E-state index in [0.29, 0.717) is 12.1 Å². The molecule has 3 nitrogen and oxygen atoms in total. The van der Waals surface area contributed by atoms with Gasteiger partial charge in [-0.1, -0.05) is 17.7 Å². The molecule has 112 valence electrons. The molecule has 1 unspecified atom stereocenters. The number of nitrogens with one attached hydrogen (secondary N) is 1. The van der Waals surface area contributed by atoms with Crippen LogP contribution >= 0.6 is 11.6 Å². The molecule has 0 spiro atoms. The van der Waals surface area contributed by atoms with Crippen LogP contribution in [0.15, 0.2) is 18.2 Å². The predicted molar refractivity (Wildman–Crippen MR) is 85.7 cm³/mol. The van der Waals surface area contributed by atoms with Gasteiger partial charge in [-0.15, -0.1) is 0 Å². The normalized spacial score (nSPS) is 16.2. The highest BCUT2D eigenvalue weighted by atomic mass is 35.5. The third-order valence-electron chi connectivity index (χ3n) is 3.83. The number of nitrogens with zero attached hydrogens (tertiary/aromatic N) is 1. The van der Waals surface area contributed by atoms with Gasteiger partial charge in [0.15, 0.2) is 0 Å². The van der Waals surface area contributed by atoms with Crippen LogP contribution in [0.25, 0.3) is 0 Å². The van der Waals surface area contributed by atoms with Crippen molar-refractivity contribution in [3.05, 3.63) is 28.8 Å². The SMILES string of the molecule is CCN(c1cccc(Cl)c1CNC1CC1)C(C)COC. The first-order valence-electron chi connectivity index (χ1n) is 7.43. The molecule has 0 bridgehead atoms. The number of rotatable bonds is 8. The van der Waals surface area contributed by atoms with Crippen LogP contribution in [0.5, 0.6) is 0 Å². The van der Waals surface area contributed by atoms with Crippen molar-refractivity contribution in [3.8, 4) is 0 Å². The number of hydrogen-bond acceptors (Lipinski definition) is 3. The lowest BCUT2D eigenvalue weighted by Crippen LogP contribution is -2.37. The summed E-state index contributed by atoms with van der Waals surface area (Å²) in [7, 11) is 1.75. The zero-order chi connectivity index (χ0) is 14.5. The Bertz CT molecular complexity index is 434. The molecule has 0 radical (unpaired) electrons. The summed E-state index contributed by atoms with van der Waals surface area (Å²) in [5.41, 5.74) is 2.42. The summed E-state index contributed by atoms with van der Waals surface area (Å²) in [6, 6.07) is 7.18. The molecular weight excluding hydrogens is 272 g/mol. The van der Waals surface area contributed by atoms with Crippen molar-refractivity contribution in [2.45, 2.75) is 45.3 Å². The van der Waals surface area contributed by atoms with Crippen molar-refractivity contribution in [2.75, 3.05) is 25.2 Å². The summed E-state index contributed by atoms with van der Waals surface area (Å²) in [6.07, 6.45) is 2.58. The molecule has 0 heterocycles. The Morgan fingerprint density at radius 2 is 2.20 bits per heavy atom. The van der Waals surface area contributed by atoms with Crippen molar-refractivity contribution in [2.24, 2.45) is 0 Å². The standard InChI is InChI=1S/C16H25ClN2O/c1-4-19(12(2)11-20-3)16-7-5-6-15(17)14(16)10-18-13-8-9-13/h5-7,12-13,18H,4,8-11H2,1-3H3. The van der Waals surface area contributed by atoms with Gasteiger partial charge in [-0.3, -0.25) is 0 Å². The Kier molecular flexibility index (Phi) is 5.70. The fourth-order valence-electron chi connectivity index (χ4n) is 2.58. The first kappa shape index (κ1) is 15.6. The molecule has 0 aliphatic heterocycles. The van der Waals surface area contributed by atoms with E-state index < -0.39 is 0 Å². The Balaban J connectivity index is 2.20. The topological polar surface area (TPSA) is 24.5 Å². The maximum Gasteiger partial charge on any atom is 0.0663 e. The molecule has 1 aliphatic carbocycles. The maximum atomic E-state index is 6.42. The van der Waals surface area contributed by atoms with Gasteiger partial charge in [-0.25, -0.2) is 0 Å². The van der Waals surface area contributed by atoms with Crippen molar-refractivity contribution in [1.29, 1.82) is 0 Å². The lowest BCUT2D eigenvalue weighted by molar-refractivity contribution is 0.182. The van der Waals surface area contributed by atoms with Crippen LogP contribution in [0.2, 0.25) is 5.02 Å². The number of benzene rings is 1. The number of methoxy groups -OCH3 is 1. The highest BCUT2D eigenvalue weighted by molar-refractivity contribution is 6.31. The van der Waals surface area contributed by atoms with Crippen LogP contribution in [-0.4, -0.2) is 32.3 Å². The Morgan fingerprint density at radius 1 is 1.45 bits per heavy atom. The maximum absolute atomic E-state index is 6.42. The minimum atomic E-state index is 0.336. The summed E-state index contributed by atoms with van der Waals surface area (Å²) in [6.45, 7) is 6.87. The van der Waals surface area contributed by atoms with Gasteiger partial charge in [0.2, 0.25) is 0 Å². The zero-order valence-corrected chi connectivity index (χ0v) is 13.4. The molecule has 2 rings (SSSR count). The lowest BCUT2D eigenvalue weighted by Gasteiger charge is -2.32. The van der Waals surface area contributed by atoms with E-state index in [-0.39, 0.29) is 0 Å². The summed E-state index contributed by atoms with van der Waals surface area (Å²) in [5, 5.41) is 4.41. The van der Waals surface area contributed by atoms with Crippen LogP contribution in [0.3, 0.4) is 0 Å². The van der Waals surface area contributed by atoms with Crippen molar-refractivity contribution < 1.29 is 4.74 Å². The van der Waals surface area contributed by atoms with Crippen molar-refractivity contribution in [3.63, 3.8) is 0 Å². The average molecular weight is 297 g/mol. The summed E-state index contributed by atoms with van der Waals surface area (Å²) < 4.78 is 5.30. The molecule has 20 heavy (non-hydrogen) atoms. The van der Waals surface area contributed by atoms with Gasteiger partial charge in [-0.05, 0) is 38.8 Å². The van der Waals surface area contributed by atoms with Gasteiger partial charge >= 0.3 is 0 Å². The largest absolute Gasteiger partial charge is 0.383 e. The number of hydrogen-bond donors (Lipinski definition) is 1. The molecule has 1 N–H and O–H groups in total. The quantitative estimate of drug-likeness (QED) is 0.795. The van der Waals surface area contributed by atoms with Gasteiger partial charge in [-0.2, -0.15) is 0 Å². The first-order valence-corrected chi connectivity index (χ1v) is 7.81. The van der Waals surface area contributed by atoms with Gasteiger partial charge in [0.05, 0.1) is 6.61 Å². The van der Waals surface area contributed by atoms with Crippen LogP contribution in [-0.2, 0) is 11.3 Å². The van der Waals surface area contributed by atoms with Crippen molar-refractivity contribution >= 4 is 17.3 Å². The molecule has 1 atom stereocenters. The van der Waals surface area contributed by atoms with Gasteiger partial charge in [0.1, 0.15) is 0 Å². The second kappa shape index (κ2) is 7.30. The van der Waals surface area contributed by atoms with E-state index in [9.17, 15) is 0 Å². The van der Waals surface area contributed by atoms with Crippen LogP contribution < -0.4 is 10.2 Å². The smallest absolute Gasteiger partial charge is 0.0663 e. The summed E-state index contributed by atoms with van der Waals surface area (Å²) in [4.78, 5) is 2.36. The van der Waals surface area contributed by atoms with E-state index in [1.54, 1.807) is 7.11 Å². The highest BCUT2D eigenvalue weighted by Gasteiger charge is 2.22. The lowest BCUT2D eigenvalue weighted by atomic mass is 10.1. The molecule has 4 heteroatoms. The first-order chi connectivity index (χ1) is 9.67. The number of likely N-dealkylation sites (N-methyl/N-ethyl adjacent to an activating group) is 1. The Morgan fingerprint density at radius 3 is 2.80 bits per heavy atom. The molecule has 1 saturated carbocycles. The van der Waals surface area contributed by atoms with Gasteiger partial charge in [0, 0.05) is 48.6 Å². The van der Waals surface area contributed by atoms with E-state index in [1.807, 2.05) is 12.1 Å². The molecule has 1 aromatic rings. The molecule has 1 fully saturated rings. The molecule has 0 aromatic heterocycles. The van der Waals surface area contributed by atoms with E-state index in [0.717, 1.165) is 24.7 Å². The van der Waals surface area contributed by atoms with Crippen molar-refractivity contribution in [1.82, 2.24) is 5.32 Å². The molecule has 0 amide bonds. The third kappa shape index (κ3) is 3.87. The minimum absolute atomic E-state index is 0.336. The predicted octanol–water partition coefficient (Wildman–Crippen LogP) is 3.45. The van der Waals surface area contributed by atoms with Gasteiger partial charge < -0.3 is 15.0 Å². The minimum Gasteiger partial charge on any atom is -0.383 e. The third-order valence-corrected chi connectivity index (χ3v) is 4.18. The van der Waals surface area contributed by atoms with E-state index >= 15 is 0 Å². The molecular formula is C16H25ClN2O. The monoisotopic (exact) mass is 296 g/mol. The second-order valence-corrected chi connectivity index (χ2v) is 5.89. The molecule has 1 aromatic carbocycles. The van der Waals surface area contributed by atoms with Crippen LogP contribution in [0.4, 0.5) is 5.69 Å². The zero-order valence-electron chi connectivity index (χ0n) is 12.7. The molecule has 0 saturated heterocycles. The molecule has 1 aliphatic rings. The van der Waals surface area contributed by atoms with Crippen LogP contribution in [0, 0.1) is 0 Å².